The Hall–Kier alpha value is -1.43. The first-order valence-electron chi connectivity index (χ1n) is 8.45. The van der Waals surface area contributed by atoms with Gasteiger partial charge in [-0.15, -0.1) is 0 Å². The quantitative estimate of drug-likeness (QED) is 0.932. The number of hydrogen-bond acceptors (Lipinski definition) is 3. The topological polar surface area (TPSA) is 52.2 Å². The van der Waals surface area contributed by atoms with Gasteiger partial charge in [0.05, 0.1) is 0 Å². The summed E-state index contributed by atoms with van der Waals surface area (Å²) >= 11 is 0. The minimum Gasteiger partial charge on any atom is -0.337 e. The number of nitrogens with zero attached hydrogens (tertiary/aromatic N) is 3. The second kappa shape index (κ2) is 7.22. The molecule has 1 N–H and O–H groups in total. The molecule has 2 aliphatic rings. The van der Waals surface area contributed by atoms with E-state index in [4.69, 9.17) is 0 Å². The van der Waals surface area contributed by atoms with Gasteiger partial charge in [-0.05, 0) is 44.7 Å². The number of H-pyrrole nitrogens is 1. The van der Waals surface area contributed by atoms with Gasteiger partial charge in [-0.25, -0.2) is 0 Å². The summed E-state index contributed by atoms with van der Waals surface area (Å²) in [5, 5.41) is 5.94. The number of rotatable bonds is 3. The van der Waals surface area contributed by atoms with Crippen LogP contribution in [-0.2, 0) is 0 Å². The summed E-state index contributed by atoms with van der Waals surface area (Å²) in [4.78, 5) is 16.8. The van der Waals surface area contributed by atoms with Crippen molar-refractivity contribution in [3.8, 4) is 0 Å². The molecule has 0 aliphatic carbocycles. The molecular weight excluding hydrogens is 283 g/mol. The summed E-state index contributed by atoms with van der Waals surface area (Å²) in [6, 6.07) is 1.18. The van der Waals surface area contributed by atoms with Crippen molar-refractivity contribution in [2.75, 3.05) is 32.7 Å². The number of carbonyl (C=O) groups is 1. The normalized spacial score (nSPS) is 24.2. The highest BCUT2D eigenvalue weighted by Gasteiger charge is 2.27. The first-order valence-corrected chi connectivity index (χ1v) is 8.45. The molecule has 1 aromatic heterocycles. The van der Waals surface area contributed by atoms with Crippen molar-refractivity contribution in [1.29, 1.82) is 0 Å². The molecule has 2 aliphatic heterocycles. The molecule has 1 atom stereocenters. The van der Waals surface area contributed by atoms with Crippen LogP contribution >= 0.6 is 0 Å². The number of aromatic nitrogens is 2. The van der Waals surface area contributed by atoms with E-state index >= 15 is 0 Å². The lowest BCUT2D eigenvalue weighted by atomic mass is 9.97. The minimum atomic E-state index is -0.554. The minimum absolute atomic E-state index is 0.152. The highest BCUT2D eigenvalue weighted by molar-refractivity contribution is 5.92. The molecule has 0 bridgehead atoms. The van der Waals surface area contributed by atoms with Crippen molar-refractivity contribution in [3.05, 3.63) is 17.7 Å². The highest BCUT2D eigenvalue weighted by atomic mass is 19.1. The van der Waals surface area contributed by atoms with Crippen molar-refractivity contribution in [2.24, 2.45) is 5.92 Å². The Labute approximate surface area is 130 Å². The summed E-state index contributed by atoms with van der Waals surface area (Å²) in [7, 11) is 0. The maximum atomic E-state index is 13.0. The van der Waals surface area contributed by atoms with Crippen molar-refractivity contribution in [1.82, 2.24) is 20.0 Å². The summed E-state index contributed by atoms with van der Waals surface area (Å²) in [6.07, 6.45) is 7.48. The van der Waals surface area contributed by atoms with Crippen molar-refractivity contribution in [3.63, 3.8) is 0 Å². The van der Waals surface area contributed by atoms with E-state index < -0.39 is 5.95 Å². The molecule has 0 saturated carbocycles. The van der Waals surface area contributed by atoms with E-state index in [9.17, 15) is 9.18 Å². The molecule has 0 radical (unpaired) electrons. The van der Waals surface area contributed by atoms with Gasteiger partial charge >= 0.3 is 0 Å². The van der Waals surface area contributed by atoms with Crippen LogP contribution in [0, 0.1) is 11.9 Å². The Bertz CT molecular complexity index is 496. The molecule has 22 heavy (non-hydrogen) atoms. The number of nitrogens with one attached hydrogen (secondary N) is 1. The summed E-state index contributed by atoms with van der Waals surface area (Å²) in [6.45, 7) is 4.98. The van der Waals surface area contributed by atoms with E-state index in [1.54, 1.807) is 0 Å². The number of piperidine rings is 1. The second-order valence-corrected chi connectivity index (χ2v) is 6.58. The van der Waals surface area contributed by atoms with E-state index in [2.05, 4.69) is 15.1 Å². The summed E-state index contributed by atoms with van der Waals surface area (Å²) < 4.78 is 13.0. The molecule has 5 nitrogen and oxygen atoms in total. The van der Waals surface area contributed by atoms with Gasteiger partial charge in [0.15, 0.2) is 5.69 Å². The smallest absolute Gasteiger partial charge is 0.274 e. The number of likely N-dealkylation sites (tertiary alicyclic amines) is 2. The van der Waals surface area contributed by atoms with Crippen LogP contribution in [0.4, 0.5) is 4.39 Å². The van der Waals surface area contributed by atoms with Crippen molar-refractivity contribution in [2.45, 2.75) is 38.5 Å². The van der Waals surface area contributed by atoms with Gasteiger partial charge in [0.25, 0.3) is 5.91 Å². The molecule has 122 valence electrons. The van der Waals surface area contributed by atoms with E-state index in [0.29, 0.717) is 5.92 Å². The lowest BCUT2D eigenvalue weighted by molar-refractivity contribution is 0.0635. The van der Waals surface area contributed by atoms with Gasteiger partial charge in [-0.3, -0.25) is 9.89 Å². The van der Waals surface area contributed by atoms with Crippen LogP contribution in [0.15, 0.2) is 6.07 Å². The molecule has 0 aromatic carbocycles. The Morgan fingerprint density at radius 3 is 2.68 bits per heavy atom. The van der Waals surface area contributed by atoms with Gasteiger partial charge in [-0.1, -0.05) is 12.8 Å². The van der Waals surface area contributed by atoms with Gasteiger partial charge < -0.3 is 9.80 Å². The zero-order valence-corrected chi connectivity index (χ0v) is 13.1. The third-order valence-corrected chi connectivity index (χ3v) is 4.79. The van der Waals surface area contributed by atoms with Gasteiger partial charge in [0, 0.05) is 25.7 Å². The number of carbonyl (C=O) groups excluding carboxylic acids is 1. The Balaban J connectivity index is 1.55. The zero-order valence-electron chi connectivity index (χ0n) is 13.1. The van der Waals surface area contributed by atoms with E-state index in [0.717, 1.165) is 26.1 Å². The molecule has 3 rings (SSSR count). The largest absolute Gasteiger partial charge is 0.337 e. The first-order chi connectivity index (χ1) is 10.7. The van der Waals surface area contributed by atoms with Crippen LogP contribution in [0.3, 0.4) is 0 Å². The van der Waals surface area contributed by atoms with E-state index in [1.807, 2.05) is 4.90 Å². The molecular formula is C16H25FN4O. The number of amides is 1. The van der Waals surface area contributed by atoms with Crippen LogP contribution in [-0.4, -0.2) is 58.6 Å². The van der Waals surface area contributed by atoms with Crippen LogP contribution < -0.4 is 0 Å². The van der Waals surface area contributed by atoms with Crippen LogP contribution in [0.1, 0.15) is 49.0 Å². The number of hydrogen-bond donors (Lipinski definition) is 1. The predicted molar refractivity (Wildman–Crippen MR) is 82.1 cm³/mol. The first kappa shape index (κ1) is 15.5. The molecule has 2 saturated heterocycles. The zero-order chi connectivity index (χ0) is 15.4. The van der Waals surface area contributed by atoms with Gasteiger partial charge in [-0.2, -0.15) is 9.49 Å². The van der Waals surface area contributed by atoms with Crippen molar-refractivity contribution < 1.29 is 9.18 Å². The molecule has 3 heterocycles. The Morgan fingerprint density at radius 1 is 1.23 bits per heavy atom. The lowest BCUT2D eigenvalue weighted by Gasteiger charge is -2.35. The average Bonchev–Trinajstić information content (AvgIpc) is 2.80. The van der Waals surface area contributed by atoms with E-state index in [1.165, 1.54) is 51.3 Å². The average molecular weight is 308 g/mol. The fourth-order valence-corrected chi connectivity index (χ4v) is 3.65. The summed E-state index contributed by atoms with van der Waals surface area (Å²) in [5.41, 5.74) is 0.188. The lowest BCUT2D eigenvalue weighted by Crippen LogP contribution is -2.44. The van der Waals surface area contributed by atoms with Gasteiger partial charge in [0.2, 0.25) is 5.95 Å². The van der Waals surface area contributed by atoms with Crippen LogP contribution in [0.25, 0.3) is 0 Å². The molecule has 2 fully saturated rings. The maximum absolute atomic E-state index is 13.0. The second-order valence-electron chi connectivity index (χ2n) is 6.58. The maximum Gasteiger partial charge on any atom is 0.274 e. The molecule has 1 amide bonds. The SMILES string of the molecule is O=C(c1cc(F)[nH]n1)N1CCCC(CN2CCCCCC2)C1. The van der Waals surface area contributed by atoms with Crippen molar-refractivity contribution >= 4 is 5.91 Å². The Kier molecular flexibility index (Phi) is 5.08. The fraction of sp³-hybridized carbons (Fsp3) is 0.750. The number of halogens is 1. The van der Waals surface area contributed by atoms with E-state index in [-0.39, 0.29) is 11.6 Å². The third-order valence-electron chi connectivity index (χ3n) is 4.79. The fourth-order valence-electron chi connectivity index (χ4n) is 3.65. The summed E-state index contributed by atoms with van der Waals surface area (Å²) in [5.74, 6) is -0.179. The highest BCUT2D eigenvalue weighted by Crippen LogP contribution is 2.21. The molecule has 1 aromatic rings. The third kappa shape index (κ3) is 3.85. The predicted octanol–water partition coefficient (Wildman–Crippen LogP) is 2.28. The number of aromatic amines is 1. The molecule has 1 unspecified atom stereocenters. The van der Waals surface area contributed by atoms with Gasteiger partial charge in [0.1, 0.15) is 0 Å². The standard InChI is InChI=1S/C16H25FN4O/c17-15-10-14(18-19-15)16(22)21-9-5-6-13(12-21)11-20-7-3-1-2-4-8-20/h10,13H,1-9,11-12H2,(H,18,19). The monoisotopic (exact) mass is 308 g/mol. The molecule has 6 heteroatoms. The Morgan fingerprint density at radius 2 is 2.00 bits per heavy atom. The van der Waals surface area contributed by atoms with Crippen LogP contribution in [0.5, 0.6) is 0 Å². The molecule has 0 spiro atoms. The van der Waals surface area contributed by atoms with Crippen LogP contribution in [0.2, 0.25) is 0 Å².